The molecule has 19 heavy (non-hydrogen) atoms. The molecule has 0 aromatic rings. The minimum Gasteiger partial charge on any atom is -0.381 e. The number of ether oxygens (including phenoxy) is 1. The summed E-state index contributed by atoms with van der Waals surface area (Å²) in [7, 11) is 0. The maximum absolute atomic E-state index is 5.47. The third-order valence-electron chi connectivity index (χ3n) is 3.24. The second kappa shape index (κ2) is 23.0. The third kappa shape index (κ3) is 23.4. The van der Waals surface area contributed by atoms with Gasteiger partial charge in [0.05, 0.1) is 0 Å². The van der Waals surface area contributed by atoms with Crippen LogP contribution in [0.3, 0.4) is 0 Å². The predicted molar refractivity (Wildman–Crippen MR) is 87.6 cm³/mol. The van der Waals surface area contributed by atoms with Crippen LogP contribution in [0.4, 0.5) is 0 Å². The van der Waals surface area contributed by atoms with Crippen LogP contribution in [0, 0.1) is 0 Å². The van der Waals surface area contributed by atoms with Crippen LogP contribution in [0.5, 0.6) is 0 Å². The van der Waals surface area contributed by atoms with E-state index in [4.69, 9.17) is 4.74 Å². The van der Waals surface area contributed by atoms with Crippen molar-refractivity contribution in [3.05, 3.63) is 0 Å². The summed E-state index contributed by atoms with van der Waals surface area (Å²) in [6.45, 7) is 6.37. The van der Waals surface area contributed by atoms with Crippen LogP contribution >= 0.6 is 0 Å². The van der Waals surface area contributed by atoms with Gasteiger partial charge >= 0.3 is 0 Å². The average Bonchev–Trinajstić information content (AvgIpc) is 2.35. The van der Waals surface area contributed by atoms with Gasteiger partial charge in [0.2, 0.25) is 0 Å². The van der Waals surface area contributed by atoms with E-state index in [-0.39, 0.29) is 12.3 Å². The van der Waals surface area contributed by atoms with Gasteiger partial charge in [0.15, 0.2) is 0 Å². The highest BCUT2D eigenvalue weighted by Crippen LogP contribution is 2.11. The van der Waals surface area contributed by atoms with Crippen molar-refractivity contribution < 1.29 is 4.74 Å². The summed E-state index contributed by atoms with van der Waals surface area (Å²) < 4.78 is 5.47. The number of hydrogen-bond acceptors (Lipinski definition) is 3. The van der Waals surface area contributed by atoms with E-state index in [1.54, 1.807) is 0 Å². The number of rotatable bonds is 14. The van der Waals surface area contributed by atoms with E-state index < -0.39 is 0 Å². The van der Waals surface area contributed by atoms with Crippen molar-refractivity contribution in [2.24, 2.45) is 0 Å². The molecule has 3 heteroatoms. The molecule has 0 bridgehead atoms. The first-order valence-corrected chi connectivity index (χ1v) is 7.99. The summed E-state index contributed by atoms with van der Waals surface area (Å²) >= 11 is 0. The Bertz CT molecular complexity index is 118. The molecule has 0 amide bonds. The molecule has 0 aliphatic carbocycles. The maximum Gasteiger partial charge on any atom is 0.0466 e. The predicted octanol–water partition coefficient (Wildman–Crippen LogP) is 6.05. The van der Waals surface area contributed by atoms with Crippen molar-refractivity contribution in [2.45, 2.75) is 90.9 Å². The highest BCUT2D eigenvalue weighted by molar-refractivity contribution is 4.47. The molecule has 0 rings (SSSR count). The molecule has 0 atom stereocenters. The molecule has 0 radical (unpaired) electrons. The lowest BCUT2D eigenvalue weighted by molar-refractivity contribution is 0.130. The van der Waals surface area contributed by atoms with Crippen LogP contribution in [0.15, 0.2) is 0 Å². The number of unbranched alkanes of at least 4 members (excludes halogenated alkanes) is 10. The van der Waals surface area contributed by atoms with Gasteiger partial charge in [0.1, 0.15) is 0 Å². The summed E-state index contributed by atoms with van der Waals surface area (Å²) in [4.78, 5) is 0. The Morgan fingerprint density at radius 2 is 0.895 bits per heavy atom. The highest BCUT2D eigenvalue weighted by Gasteiger charge is 1.93. The van der Waals surface area contributed by atoms with Crippen molar-refractivity contribution in [1.29, 1.82) is 0 Å². The molecule has 0 spiro atoms. The van der Waals surface area contributed by atoms with Gasteiger partial charge in [-0.05, 0) is 12.8 Å². The molecule has 0 aromatic heterocycles. The second-order valence-corrected chi connectivity index (χ2v) is 5.15. The van der Waals surface area contributed by atoms with E-state index in [0.717, 1.165) is 19.6 Å². The van der Waals surface area contributed by atoms with E-state index in [1.807, 2.05) is 0 Å². The lowest BCUT2D eigenvalue weighted by Crippen LogP contribution is -1.95. The highest BCUT2D eigenvalue weighted by atomic mass is 16.5. The van der Waals surface area contributed by atoms with Crippen molar-refractivity contribution in [3.63, 3.8) is 0 Å². The molecule has 0 heterocycles. The van der Waals surface area contributed by atoms with Crippen molar-refractivity contribution in [1.82, 2.24) is 12.3 Å². The lowest BCUT2D eigenvalue weighted by atomic mass is 10.1. The quantitative estimate of drug-likeness (QED) is 0.379. The molecular formula is C16H40N2O. The Hall–Kier alpha value is -0.120. The zero-order valence-electron chi connectivity index (χ0n) is 13.7. The minimum atomic E-state index is 0. The Balaban J connectivity index is -0.00000128. The third-order valence-corrected chi connectivity index (χ3v) is 3.24. The molecule has 0 saturated carbocycles. The second-order valence-electron chi connectivity index (χ2n) is 5.15. The average molecular weight is 277 g/mol. The van der Waals surface area contributed by atoms with Gasteiger partial charge in [0, 0.05) is 13.2 Å². The Kier molecular flexibility index (Phi) is 29.0. The molecule has 0 aromatic carbocycles. The zero-order valence-corrected chi connectivity index (χ0v) is 13.7. The monoisotopic (exact) mass is 276 g/mol. The first-order valence-electron chi connectivity index (χ1n) is 7.99. The van der Waals surface area contributed by atoms with Crippen LogP contribution in [0.1, 0.15) is 90.9 Å². The summed E-state index contributed by atoms with van der Waals surface area (Å²) in [5.74, 6) is 0. The largest absolute Gasteiger partial charge is 0.381 e. The summed E-state index contributed by atoms with van der Waals surface area (Å²) in [5.41, 5.74) is 0. The van der Waals surface area contributed by atoms with Gasteiger partial charge < -0.3 is 17.0 Å². The Labute approximate surface area is 122 Å². The number of hydrogen-bond donors (Lipinski definition) is 2. The van der Waals surface area contributed by atoms with Gasteiger partial charge in [0.25, 0.3) is 0 Å². The zero-order chi connectivity index (χ0) is 12.6. The van der Waals surface area contributed by atoms with Crippen molar-refractivity contribution >= 4 is 0 Å². The van der Waals surface area contributed by atoms with Gasteiger partial charge in [-0.1, -0.05) is 78.1 Å². The molecule has 3 nitrogen and oxygen atoms in total. The fraction of sp³-hybridized carbons (Fsp3) is 1.00. The fourth-order valence-electron chi connectivity index (χ4n) is 2.11. The fourth-order valence-corrected chi connectivity index (χ4v) is 2.11. The van der Waals surface area contributed by atoms with E-state index >= 15 is 0 Å². The molecule has 6 N–H and O–H groups in total. The van der Waals surface area contributed by atoms with Gasteiger partial charge in [-0.25, -0.2) is 0 Å². The minimum absolute atomic E-state index is 0. The lowest BCUT2D eigenvalue weighted by Gasteiger charge is -2.03. The summed E-state index contributed by atoms with van der Waals surface area (Å²) in [6.07, 6.45) is 16.7. The molecule has 0 saturated heterocycles. The standard InChI is InChI=1S/C16H34O.2H3N/c1-3-5-6-7-8-9-10-11-12-13-14-16-17-15-4-2;;/h3-16H2,1-2H3;2*1H3. The smallest absolute Gasteiger partial charge is 0.0466 e. The van der Waals surface area contributed by atoms with Crippen LogP contribution < -0.4 is 12.3 Å². The van der Waals surface area contributed by atoms with E-state index in [1.165, 1.54) is 70.6 Å². The molecule has 0 aliphatic heterocycles. The van der Waals surface area contributed by atoms with Crippen LogP contribution in [0.25, 0.3) is 0 Å². The maximum atomic E-state index is 5.47. The first-order chi connectivity index (χ1) is 8.41. The van der Waals surface area contributed by atoms with Crippen LogP contribution in [-0.4, -0.2) is 13.2 Å². The van der Waals surface area contributed by atoms with Gasteiger partial charge in [-0.3, -0.25) is 0 Å². The molecular weight excluding hydrogens is 236 g/mol. The SMILES string of the molecule is CCCCCCCCCCCCCOCCC.N.N. The van der Waals surface area contributed by atoms with Crippen LogP contribution in [-0.2, 0) is 4.74 Å². The molecule has 120 valence electrons. The first kappa shape index (κ1) is 23.9. The van der Waals surface area contributed by atoms with Crippen molar-refractivity contribution in [2.75, 3.05) is 13.2 Å². The van der Waals surface area contributed by atoms with Gasteiger partial charge in [-0.2, -0.15) is 0 Å². The topological polar surface area (TPSA) is 79.2 Å². The summed E-state index contributed by atoms with van der Waals surface area (Å²) in [5, 5.41) is 0. The summed E-state index contributed by atoms with van der Waals surface area (Å²) in [6, 6.07) is 0. The Morgan fingerprint density at radius 3 is 1.32 bits per heavy atom. The Morgan fingerprint density at radius 1 is 0.474 bits per heavy atom. The molecule has 0 unspecified atom stereocenters. The normalized spacial score (nSPS) is 9.79. The van der Waals surface area contributed by atoms with Gasteiger partial charge in [-0.15, -0.1) is 0 Å². The van der Waals surface area contributed by atoms with Crippen molar-refractivity contribution in [3.8, 4) is 0 Å². The van der Waals surface area contributed by atoms with Crippen LogP contribution in [0.2, 0.25) is 0 Å². The molecule has 0 fully saturated rings. The van der Waals surface area contributed by atoms with E-state index in [2.05, 4.69) is 13.8 Å². The van der Waals surface area contributed by atoms with E-state index in [0.29, 0.717) is 0 Å². The molecule has 0 aliphatic rings. The van der Waals surface area contributed by atoms with E-state index in [9.17, 15) is 0 Å².